The molecule has 0 unspecified atom stereocenters. The van der Waals surface area contributed by atoms with Crippen molar-refractivity contribution in [3.63, 3.8) is 0 Å². The maximum absolute atomic E-state index is 3.59. The highest BCUT2D eigenvalue weighted by molar-refractivity contribution is 7.09. The largest absolute Gasteiger partial charge is 0.314 e. The average Bonchev–Trinajstić information content (AvgIpc) is 2.69. The fraction of sp³-hybridized carbons (Fsp3) is 0.636. The minimum Gasteiger partial charge on any atom is -0.314 e. The van der Waals surface area contributed by atoms with Crippen LogP contribution >= 0.6 is 11.3 Å². The first-order chi connectivity index (χ1) is 6.45. The smallest absolute Gasteiger partial charge is 0.00705 e. The molecular formula is C11H17NS. The van der Waals surface area contributed by atoms with E-state index in [9.17, 15) is 0 Å². The van der Waals surface area contributed by atoms with Gasteiger partial charge in [0, 0.05) is 10.9 Å². The summed E-state index contributed by atoms with van der Waals surface area (Å²) in [6.07, 6.45) is 6.75. The lowest BCUT2D eigenvalue weighted by Crippen LogP contribution is -2.34. The summed E-state index contributed by atoms with van der Waals surface area (Å²) >= 11 is 1.88. The van der Waals surface area contributed by atoms with Crippen LogP contribution in [-0.4, -0.2) is 12.6 Å². The van der Waals surface area contributed by atoms with Crippen molar-refractivity contribution in [2.24, 2.45) is 0 Å². The summed E-state index contributed by atoms with van der Waals surface area (Å²) in [4.78, 5) is 1.53. The molecule has 1 aliphatic rings. The van der Waals surface area contributed by atoms with E-state index in [-0.39, 0.29) is 0 Å². The van der Waals surface area contributed by atoms with Gasteiger partial charge in [-0.3, -0.25) is 0 Å². The molecule has 72 valence electrons. The third kappa shape index (κ3) is 2.82. The molecule has 13 heavy (non-hydrogen) atoms. The van der Waals surface area contributed by atoms with Crippen molar-refractivity contribution in [1.29, 1.82) is 0 Å². The fourth-order valence-electron chi connectivity index (χ4n) is 1.94. The van der Waals surface area contributed by atoms with E-state index in [2.05, 4.69) is 22.8 Å². The summed E-state index contributed by atoms with van der Waals surface area (Å²) in [5, 5.41) is 5.76. The summed E-state index contributed by atoms with van der Waals surface area (Å²) in [7, 11) is 0. The van der Waals surface area contributed by atoms with Gasteiger partial charge < -0.3 is 5.32 Å². The van der Waals surface area contributed by atoms with Crippen LogP contribution < -0.4 is 5.32 Å². The van der Waals surface area contributed by atoms with E-state index in [0.29, 0.717) is 0 Å². The highest BCUT2D eigenvalue weighted by Crippen LogP contribution is 2.16. The van der Waals surface area contributed by atoms with Gasteiger partial charge >= 0.3 is 0 Å². The van der Waals surface area contributed by atoms with Gasteiger partial charge in [-0.15, -0.1) is 11.3 Å². The summed E-state index contributed by atoms with van der Waals surface area (Å²) in [6, 6.07) is 5.18. The second-order valence-corrected chi connectivity index (χ2v) is 4.80. The van der Waals surface area contributed by atoms with Crippen LogP contribution in [0, 0.1) is 0 Å². The highest BCUT2D eigenvalue weighted by atomic mass is 32.1. The molecule has 2 rings (SSSR count). The Morgan fingerprint density at radius 1 is 1.46 bits per heavy atom. The lowest BCUT2D eigenvalue weighted by atomic mass is 10.0. The second-order valence-electron chi connectivity index (χ2n) is 3.76. The fourth-order valence-corrected chi connectivity index (χ4v) is 2.67. The quantitative estimate of drug-likeness (QED) is 0.782. The van der Waals surface area contributed by atoms with Crippen LogP contribution in [0.3, 0.4) is 0 Å². The Labute approximate surface area is 84.2 Å². The van der Waals surface area contributed by atoms with E-state index in [1.807, 2.05) is 11.3 Å². The average molecular weight is 195 g/mol. The third-order valence-electron chi connectivity index (χ3n) is 2.73. The highest BCUT2D eigenvalue weighted by Gasteiger charge is 2.11. The van der Waals surface area contributed by atoms with Gasteiger partial charge in [-0.25, -0.2) is 0 Å². The molecule has 2 heteroatoms. The van der Waals surface area contributed by atoms with E-state index in [1.165, 1.54) is 43.5 Å². The van der Waals surface area contributed by atoms with Crippen LogP contribution in [0.1, 0.15) is 30.6 Å². The van der Waals surface area contributed by atoms with Gasteiger partial charge in [-0.2, -0.15) is 0 Å². The van der Waals surface area contributed by atoms with Gasteiger partial charge in [0.25, 0.3) is 0 Å². The molecule has 0 aromatic carbocycles. The summed E-state index contributed by atoms with van der Waals surface area (Å²) in [5.41, 5.74) is 0. The third-order valence-corrected chi connectivity index (χ3v) is 3.67. The van der Waals surface area contributed by atoms with E-state index in [1.54, 1.807) is 0 Å². The zero-order valence-electron chi connectivity index (χ0n) is 7.96. The normalized spacial score (nSPS) is 23.2. The van der Waals surface area contributed by atoms with Crippen LogP contribution in [0.4, 0.5) is 0 Å². The SMILES string of the molecule is c1csc(CC[C@@H]2CCCCN2)c1. The molecule has 0 aliphatic carbocycles. The van der Waals surface area contributed by atoms with Crippen LogP contribution in [0.5, 0.6) is 0 Å². The van der Waals surface area contributed by atoms with Crippen molar-refractivity contribution in [2.75, 3.05) is 6.54 Å². The van der Waals surface area contributed by atoms with Crippen molar-refractivity contribution in [2.45, 2.75) is 38.1 Å². The summed E-state index contributed by atoms with van der Waals surface area (Å²) < 4.78 is 0. The number of hydrogen-bond donors (Lipinski definition) is 1. The molecule has 1 aliphatic heterocycles. The van der Waals surface area contributed by atoms with Crippen molar-refractivity contribution in [3.05, 3.63) is 22.4 Å². The zero-order chi connectivity index (χ0) is 8.93. The van der Waals surface area contributed by atoms with Crippen LogP contribution in [0.2, 0.25) is 0 Å². The Kier molecular flexibility index (Phi) is 3.39. The molecule has 0 saturated carbocycles. The van der Waals surface area contributed by atoms with E-state index in [4.69, 9.17) is 0 Å². The molecule has 1 N–H and O–H groups in total. The first kappa shape index (κ1) is 9.22. The number of hydrogen-bond acceptors (Lipinski definition) is 2. The molecule has 0 radical (unpaired) electrons. The monoisotopic (exact) mass is 195 g/mol. The van der Waals surface area contributed by atoms with Gasteiger partial charge in [-0.1, -0.05) is 12.5 Å². The standard InChI is InChI=1S/C11H17NS/c1-2-8-12-10(4-1)6-7-11-5-3-9-13-11/h3,5,9-10,12H,1-2,4,6-8H2/t10-/m0/s1. The molecule has 1 aromatic rings. The lowest BCUT2D eigenvalue weighted by molar-refractivity contribution is 0.383. The number of nitrogens with one attached hydrogen (secondary N) is 1. The molecule has 2 heterocycles. The Morgan fingerprint density at radius 2 is 2.46 bits per heavy atom. The van der Waals surface area contributed by atoms with Crippen LogP contribution in [-0.2, 0) is 6.42 Å². The van der Waals surface area contributed by atoms with E-state index >= 15 is 0 Å². The summed E-state index contributed by atoms with van der Waals surface area (Å²) in [5.74, 6) is 0. The zero-order valence-corrected chi connectivity index (χ0v) is 8.78. The molecule has 1 atom stereocenters. The van der Waals surface area contributed by atoms with Gasteiger partial charge in [0.2, 0.25) is 0 Å². The molecule has 0 spiro atoms. The first-order valence-corrected chi connectivity index (χ1v) is 6.09. The maximum Gasteiger partial charge on any atom is 0.00705 e. The summed E-state index contributed by atoms with van der Waals surface area (Å²) in [6.45, 7) is 1.23. The molecule has 0 bridgehead atoms. The number of rotatable bonds is 3. The van der Waals surface area contributed by atoms with Gasteiger partial charge in [0.05, 0.1) is 0 Å². The molecular weight excluding hydrogens is 178 g/mol. The van der Waals surface area contributed by atoms with Gasteiger partial charge in [0.15, 0.2) is 0 Å². The molecule has 0 amide bonds. The van der Waals surface area contributed by atoms with Crippen molar-refractivity contribution >= 4 is 11.3 Å². The van der Waals surface area contributed by atoms with Gasteiger partial charge in [0.1, 0.15) is 0 Å². The Bertz CT molecular complexity index is 224. The molecule has 1 aromatic heterocycles. The maximum atomic E-state index is 3.59. The number of aryl methyl sites for hydroxylation is 1. The van der Waals surface area contributed by atoms with E-state index < -0.39 is 0 Å². The topological polar surface area (TPSA) is 12.0 Å². The predicted octanol–water partition coefficient (Wildman–Crippen LogP) is 2.82. The molecule has 1 nitrogen and oxygen atoms in total. The predicted molar refractivity (Wildman–Crippen MR) is 58.3 cm³/mol. The number of thiophene rings is 1. The lowest BCUT2D eigenvalue weighted by Gasteiger charge is -2.22. The minimum absolute atomic E-state index is 0.788. The Morgan fingerprint density at radius 3 is 3.15 bits per heavy atom. The Balaban J connectivity index is 1.72. The Hall–Kier alpha value is -0.340. The molecule has 1 fully saturated rings. The molecule has 1 saturated heterocycles. The second kappa shape index (κ2) is 4.77. The van der Waals surface area contributed by atoms with Crippen LogP contribution in [0.15, 0.2) is 17.5 Å². The van der Waals surface area contributed by atoms with Gasteiger partial charge in [-0.05, 0) is 43.7 Å². The minimum atomic E-state index is 0.788. The number of piperidine rings is 1. The van der Waals surface area contributed by atoms with Crippen molar-refractivity contribution in [3.8, 4) is 0 Å². The first-order valence-electron chi connectivity index (χ1n) is 5.21. The van der Waals surface area contributed by atoms with Crippen molar-refractivity contribution < 1.29 is 0 Å². The van der Waals surface area contributed by atoms with Crippen LogP contribution in [0.25, 0.3) is 0 Å². The van der Waals surface area contributed by atoms with E-state index in [0.717, 1.165) is 6.04 Å². The van der Waals surface area contributed by atoms with Crippen molar-refractivity contribution in [1.82, 2.24) is 5.32 Å².